The monoisotopic (exact) mass is 911 g/mol. The lowest BCUT2D eigenvalue weighted by atomic mass is 9.92. The highest BCUT2D eigenvalue weighted by molar-refractivity contribution is 9.09. The molecule has 1 fully saturated rings. The molecule has 60 heavy (non-hydrogen) atoms. The highest BCUT2D eigenvalue weighted by Gasteiger charge is 2.58. The van der Waals surface area contributed by atoms with E-state index >= 15 is 0 Å². The number of allylic oxidation sites excluding steroid dienone is 1. The van der Waals surface area contributed by atoms with Gasteiger partial charge in [-0.25, -0.2) is 9.78 Å². The van der Waals surface area contributed by atoms with Crippen molar-refractivity contribution in [1.82, 2.24) is 4.98 Å². The predicted octanol–water partition coefficient (Wildman–Crippen LogP) is 11.2. The second kappa shape index (κ2) is 22.8. The van der Waals surface area contributed by atoms with Gasteiger partial charge in [0.1, 0.15) is 30.1 Å². The van der Waals surface area contributed by atoms with Crippen LogP contribution in [0.2, 0.25) is 16.6 Å². The molecular formula is C48H70BrNO9Si. The molecule has 0 radical (unpaired) electrons. The molecule has 332 valence electrons. The number of hydrogen-bond donors (Lipinski definition) is 0. The number of nitrogens with zero attached hydrogens (tertiary/aromatic N) is 1. The van der Waals surface area contributed by atoms with Crippen molar-refractivity contribution < 1.29 is 42.1 Å². The number of carbonyl (C=O) groups is 2. The van der Waals surface area contributed by atoms with Gasteiger partial charge in [-0.15, -0.1) is 0 Å². The lowest BCUT2D eigenvalue weighted by Crippen LogP contribution is -2.55. The van der Waals surface area contributed by atoms with E-state index in [1.165, 1.54) is 0 Å². The van der Waals surface area contributed by atoms with Gasteiger partial charge in [0.2, 0.25) is 8.32 Å². The Balaban J connectivity index is 1.45. The summed E-state index contributed by atoms with van der Waals surface area (Å²) in [6.07, 6.45) is 5.90. The van der Waals surface area contributed by atoms with Crippen molar-refractivity contribution in [2.24, 2.45) is 11.8 Å². The summed E-state index contributed by atoms with van der Waals surface area (Å²) in [5.74, 6) is 1.14. The molecule has 0 N–H and O–H groups in total. The third-order valence-electron chi connectivity index (χ3n) is 12.3. The van der Waals surface area contributed by atoms with Crippen LogP contribution in [0.4, 0.5) is 0 Å². The summed E-state index contributed by atoms with van der Waals surface area (Å²) in [5.41, 5.74) is 3.59. The summed E-state index contributed by atoms with van der Waals surface area (Å²) < 4.78 is 43.9. The first kappa shape index (κ1) is 49.5. The Morgan fingerprint density at radius 3 is 2.20 bits per heavy atom. The van der Waals surface area contributed by atoms with Gasteiger partial charge in [-0.05, 0) is 84.6 Å². The second-order valence-corrected chi connectivity index (χ2v) is 24.2. The zero-order valence-electron chi connectivity index (χ0n) is 37.9. The zero-order valence-corrected chi connectivity index (χ0v) is 40.5. The van der Waals surface area contributed by atoms with Crippen LogP contribution in [-0.4, -0.2) is 81.2 Å². The number of aryl methyl sites for hydroxylation is 1. The number of esters is 1. The van der Waals surface area contributed by atoms with E-state index in [4.69, 9.17) is 37.5 Å². The van der Waals surface area contributed by atoms with Crippen LogP contribution in [0.5, 0.6) is 5.75 Å². The summed E-state index contributed by atoms with van der Waals surface area (Å²) in [5, 5.41) is 0. The summed E-state index contributed by atoms with van der Waals surface area (Å²) in [4.78, 5) is 29.3. The van der Waals surface area contributed by atoms with Crippen molar-refractivity contribution in [3.8, 4) is 5.75 Å². The molecule has 8 atom stereocenters. The van der Waals surface area contributed by atoms with Crippen LogP contribution in [-0.2, 0) is 41.2 Å². The number of carbonyl (C=O) groups excluding carboxylic acids is 2. The molecule has 2 aromatic carbocycles. The van der Waals surface area contributed by atoms with Crippen molar-refractivity contribution in [3.05, 3.63) is 89.6 Å². The molecule has 0 saturated carbocycles. The highest BCUT2D eigenvalue weighted by Crippen LogP contribution is 2.49. The number of methoxy groups -OCH3 is 2. The van der Waals surface area contributed by atoms with Crippen LogP contribution in [0.25, 0.3) is 5.57 Å². The summed E-state index contributed by atoms with van der Waals surface area (Å²) >= 11 is 3.98. The average molecular weight is 913 g/mol. The van der Waals surface area contributed by atoms with Crippen LogP contribution in [0.15, 0.2) is 71.4 Å². The van der Waals surface area contributed by atoms with E-state index in [-0.39, 0.29) is 60.1 Å². The summed E-state index contributed by atoms with van der Waals surface area (Å²) in [6, 6.07) is 16.7. The van der Waals surface area contributed by atoms with Crippen molar-refractivity contribution >= 4 is 42.1 Å². The first-order chi connectivity index (χ1) is 28.5. The number of benzene rings is 2. The number of alkyl halides is 1. The minimum absolute atomic E-state index is 0.156. The normalized spacial score (nSPS) is 21.9. The molecule has 4 rings (SSSR count). The molecule has 0 bridgehead atoms. The molecule has 1 aliphatic heterocycles. The third-order valence-corrected chi connectivity index (χ3v) is 19.9. The largest absolute Gasteiger partial charge is 0.497 e. The van der Waals surface area contributed by atoms with Gasteiger partial charge in [-0.1, -0.05) is 108 Å². The molecule has 0 spiro atoms. The number of oxazole rings is 1. The van der Waals surface area contributed by atoms with Gasteiger partial charge in [-0.2, -0.15) is 0 Å². The second-order valence-electron chi connectivity index (χ2n) is 17.8. The number of rotatable bonds is 24. The first-order valence-electron chi connectivity index (χ1n) is 21.5. The number of ether oxygens (including phenoxy) is 5. The molecule has 3 aromatic rings. The van der Waals surface area contributed by atoms with E-state index in [0.717, 1.165) is 41.7 Å². The van der Waals surface area contributed by atoms with Gasteiger partial charge in [-0.3, -0.25) is 0 Å². The molecular weight excluding hydrogens is 843 g/mol. The molecule has 0 aliphatic carbocycles. The quantitative estimate of drug-likeness (QED) is 0.0372. The Morgan fingerprint density at radius 2 is 1.62 bits per heavy atom. The van der Waals surface area contributed by atoms with E-state index in [2.05, 4.69) is 64.4 Å². The highest BCUT2D eigenvalue weighted by atomic mass is 79.9. The van der Waals surface area contributed by atoms with Crippen molar-refractivity contribution in [3.63, 3.8) is 0 Å². The van der Waals surface area contributed by atoms with Crippen LogP contribution in [0.1, 0.15) is 116 Å². The summed E-state index contributed by atoms with van der Waals surface area (Å²) in [6.45, 7) is 22.5. The lowest BCUT2D eigenvalue weighted by molar-refractivity contribution is -0.125. The van der Waals surface area contributed by atoms with Crippen LogP contribution < -0.4 is 4.74 Å². The van der Waals surface area contributed by atoms with Crippen molar-refractivity contribution in [2.75, 3.05) is 20.8 Å². The molecule has 1 aliphatic rings. The van der Waals surface area contributed by atoms with Crippen LogP contribution in [0, 0.1) is 11.8 Å². The molecule has 2 heterocycles. The van der Waals surface area contributed by atoms with E-state index in [1.54, 1.807) is 32.6 Å². The molecule has 1 saturated heterocycles. The van der Waals surface area contributed by atoms with E-state index < -0.39 is 13.9 Å². The zero-order chi connectivity index (χ0) is 44.2. The predicted molar refractivity (Wildman–Crippen MR) is 243 cm³/mol. The minimum Gasteiger partial charge on any atom is -0.497 e. The maximum Gasteiger partial charge on any atom is 0.338 e. The smallest absolute Gasteiger partial charge is 0.338 e. The lowest BCUT2D eigenvalue weighted by Gasteiger charge is -2.46. The van der Waals surface area contributed by atoms with Crippen LogP contribution >= 0.6 is 15.9 Å². The van der Waals surface area contributed by atoms with E-state index in [9.17, 15) is 9.59 Å². The summed E-state index contributed by atoms with van der Waals surface area (Å²) in [7, 11) is 1.08. The Hall–Kier alpha value is -3.13. The Morgan fingerprint density at radius 1 is 0.967 bits per heavy atom. The number of halogens is 1. The maximum absolute atomic E-state index is 12.8. The van der Waals surface area contributed by atoms with Gasteiger partial charge >= 0.3 is 5.97 Å². The van der Waals surface area contributed by atoms with Gasteiger partial charge < -0.3 is 37.3 Å². The number of aromatic nitrogens is 1. The van der Waals surface area contributed by atoms with Crippen molar-refractivity contribution in [2.45, 2.75) is 153 Å². The van der Waals surface area contributed by atoms with Crippen LogP contribution in [0.3, 0.4) is 0 Å². The van der Waals surface area contributed by atoms with Crippen molar-refractivity contribution in [1.29, 1.82) is 0 Å². The number of hydrogen-bond acceptors (Lipinski definition) is 10. The third kappa shape index (κ3) is 12.5. The minimum atomic E-state index is -2.30. The Labute approximate surface area is 368 Å². The SMILES string of the molecule is COc1ccc(CO[C@@H](/C=C(\C)c2coc(CC[C@@H](C)C[C@H](OC)[C@H]3O[C@](C)(CC=O)[C@@H](Br)[C@@H]3O[Si](C(C)C)(C(C)C)C(C)C)n2)[C@@H](C)COC(=O)c2ccccc2)cc1. The maximum atomic E-state index is 12.8. The fourth-order valence-corrected chi connectivity index (χ4v) is 15.2. The fourth-order valence-electron chi connectivity index (χ4n) is 8.78. The molecule has 12 heteroatoms. The topological polar surface area (TPSA) is 116 Å². The van der Waals surface area contributed by atoms with Gasteiger partial charge in [0.05, 0.1) is 54.6 Å². The van der Waals surface area contributed by atoms with Gasteiger partial charge in [0.15, 0.2) is 5.89 Å². The molecule has 10 nitrogen and oxygen atoms in total. The van der Waals surface area contributed by atoms with Gasteiger partial charge in [0, 0.05) is 25.9 Å². The molecule has 1 aromatic heterocycles. The van der Waals surface area contributed by atoms with E-state index in [0.29, 0.717) is 41.1 Å². The fraction of sp³-hybridized carbons (Fsp3) is 0.604. The molecule has 0 unspecified atom stereocenters. The first-order valence-corrected chi connectivity index (χ1v) is 24.6. The van der Waals surface area contributed by atoms with Gasteiger partial charge in [0.25, 0.3) is 0 Å². The average Bonchev–Trinajstić information content (AvgIpc) is 3.80. The Kier molecular flexibility index (Phi) is 18.8. The number of aldehydes is 1. The standard InChI is InChI=1S/C48H70BrNO9Si/c1-31(2)60(32(3)4,33(5)6)59-45-44(58-48(10,24-25-51)46(45)49)42(54-12)26-34(7)18-23-43-50-40(30-56-43)35(8)27-41(55-29-37-19-21-39(53-11)22-20-37)36(9)28-57-47(52)38-16-14-13-15-17-38/h13-17,19-22,25,27,30-34,36,41-42,44-46H,18,23-24,26,28-29H2,1-12H3/b35-27+/t34-,36+,41+,42+,44-,45-,46+,48-/m1/s1. The Bertz CT molecular complexity index is 1780. The van der Waals surface area contributed by atoms with E-state index in [1.807, 2.05) is 69.3 Å². The molecule has 0 amide bonds.